The summed E-state index contributed by atoms with van der Waals surface area (Å²) in [5, 5.41) is 36.6. The van der Waals surface area contributed by atoms with Crippen LogP contribution in [-0.2, 0) is 23.9 Å². The van der Waals surface area contributed by atoms with Gasteiger partial charge in [-0.3, -0.25) is 9.59 Å². The van der Waals surface area contributed by atoms with Crippen LogP contribution in [0.1, 0.15) is 27.2 Å². The summed E-state index contributed by atoms with van der Waals surface area (Å²) in [5.74, 6) is -5.97. The lowest BCUT2D eigenvalue weighted by atomic mass is 9.88. The van der Waals surface area contributed by atoms with Crippen LogP contribution in [0, 0.1) is 0 Å². The molecule has 0 heterocycles. The van der Waals surface area contributed by atoms with E-state index in [-0.39, 0.29) is 0 Å². The molecular weight excluding hydrogens is 288 g/mol. The molecule has 0 rings (SSSR count). The van der Waals surface area contributed by atoms with E-state index in [1.54, 1.807) is 0 Å². The third-order valence-corrected chi connectivity index (χ3v) is 2.63. The molecule has 0 aromatic rings. The number of hydrogen-bond donors (Lipinski definition) is 4. The Balaban J connectivity index is 5.77. The third kappa shape index (κ3) is 4.59. The van der Waals surface area contributed by atoms with Gasteiger partial charge in [-0.05, 0) is 20.8 Å². The number of ketones is 2. The number of carboxylic acids is 1. The number of carbonyl (C=O) groups excluding carboxylic acids is 3. The highest BCUT2D eigenvalue weighted by Crippen LogP contribution is 2.23. The zero-order valence-corrected chi connectivity index (χ0v) is 11.8. The molecule has 0 spiro atoms. The van der Waals surface area contributed by atoms with Crippen LogP contribution in [0.5, 0.6) is 0 Å². The van der Waals surface area contributed by atoms with Gasteiger partial charge in [0.05, 0.1) is 6.42 Å². The van der Waals surface area contributed by atoms with E-state index < -0.39 is 53.8 Å². The molecule has 0 radical (unpaired) electrons. The molecule has 0 saturated carbocycles. The molecule has 0 fully saturated rings. The van der Waals surface area contributed by atoms with Crippen LogP contribution < -0.4 is 0 Å². The van der Waals surface area contributed by atoms with Crippen molar-refractivity contribution in [1.29, 1.82) is 0 Å². The lowest BCUT2D eigenvalue weighted by Crippen LogP contribution is -2.56. The monoisotopic (exact) mass is 306 g/mol. The maximum atomic E-state index is 11.9. The van der Waals surface area contributed by atoms with E-state index in [4.69, 9.17) is 10.2 Å². The molecule has 0 bridgehead atoms. The van der Waals surface area contributed by atoms with Gasteiger partial charge in [0.1, 0.15) is 18.3 Å². The van der Waals surface area contributed by atoms with Crippen molar-refractivity contribution in [3.05, 3.63) is 0 Å². The van der Waals surface area contributed by atoms with Crippen LogP contribution in [0.25, 0.3) is 0 Å². The molecule has 0 aliphatic rings. The smallest absolute Gasteiger partial charge is 0.356 e. The standard InChI is InChI=1S/C12H18O9/c1-5(13)8(16)4-12(11(19)20,9(17)6(2)14)21-10(18)7(3)15/h5-7,13-15H,4H2,1-3H3,(H,19,20). The van der Waals surface area contributed by atoms with Gasteiger partial charge in [-0.25, -0.2) is 9.59 Å². The highest BCUT2D eigenvalue weighted by molar-refractivity contribution is 6.12. The highest BCUT2D eigenvalue weighted by Gasteiger charge is 2.53. The number of Topliss-reactive ketones (excluding diaryl/α,β-unsaturated/α-hetero) is 2. The van der Waals surface area contributed by atoms with Gasteiger partial charge in [0.15, 0.2) is 5.78 Å². The van der Waals surface area contributed by atoms with E-state index in [9.17, 15) is 29.4 Å². The zero-order valence-electron chi connectivity index (χ0n) is 11.8. The Morgan fingerprint density at radius 3 is 1.71 bits per heavy atom. The van der Waals surface area contributed by atoms with E-state index in [1.807, 2.05) is 0 Å². The fourth-order valence-electron chi connectivity index (χ4n) is 1.39. The SMILES string of the molecule is CC(O)C(=O)CC(OC(=O)C(C)O)(C(=O)O)C(=O)C(C)O. The van der Waals surface area contributed by atoms with Crippen molar-refractivity contribution in [2.24, 2.45) is 0 Å². The molecule has 9 heteroatoms. The predicted octanol–water partition coefficient (Wildman–Crippen LogP) is -1.98. The number of carboxylic acid groups (broad SMARTS) is 1. The minimum Gasteiger partial charge on any atom is -0.478 e. The molecule has 4 atom stereocenters. The Labute approximate surface area is 120 Å². The summed E-state index contributed by atoms with van der Waals surface area (Å²) in [6.07, 6.45) is -6.35. The third-order valence-electron chi connectivity index (χ3n) is 2.63. The molecule has 0 aliphatic carbocycles. The van der Waals surface area contributed by atoms with Crippen molar-refractivity contribution in [3.63, 3.8) is 0 Å². The van der Waals surface area contributed by atoms with Gasteiger partial charge in [-0.1, -0.05) is 0 Å². The summed E-state index contributed by atoms with van der Waals surface area (Å²) in [4.78, 5) is 46.2. The molecule has 4 N–H and O–H groups in total. The average molecular weight is 306 g/mol. The summed E-state index contributed by atoms with van der Waals surface area (Å²) in [6, 6.07) is 0. The normalized spacial score (nSPS) is 18.0. The van der Waals surface area contributed by atoms with Gasteiger partial charge in [-0.15, -0.1) is 0 Å². The Kier molecular flexibility index (Phi) is 6.61. The number of esters is 1. The van der Waals surface area contributed by atoms with Crippen LogP contribution in [0.15, 0.2) is 0 Å². The average Bonchev–Trinajstić information content (AvgIpc) is 2.35. The minimum atomic E-state index is -3.00. The molecule has 9 nitrogen and oxygen atoms in total. The van der Waals surface area contributed by atoms with E-state index >= 15 is 0 Å². The molecule has 0 amide bonds. The maximum Gasteiger partial charge on any atom is 0.356 e. The minimum absolute atomic E-state index is 0.934. The number of carbonyl (C=O) groups is 4. The molecular formula is C12H18O9. The molecule has 21 heavy (non-hydrogen) atoms. The maximum absolute atomic E-state index is 11.9. The first-order chi connectivity index (χ1) is 9.45. The summed E-state index contributed by atoms with van der Waals surface area (Å²) in [7, 11) is 0. The first-order valence-electron chi connectivity index (χ1n) is 6.03. The highest BCUT2D eigenvalue weighted by atomic mass is 16.6. The van der Waals surface area contributed by atoms with E-state index in [0.29, 0.717) is 0 Å². The number of hydrogen-bond acceptors (Lipinski definition) is 8. The molecule has 4 unspecified atom stereocenters. The van der Waals surface area contributed by atoms with Crippen molar-refractivity contribution < 1.29 is 44.3 Å². The van der Waals surface area contributed by atoms with Gasteiger partial charge in [0.2, 0.25) is 5.78 Å². The van der Waals surface area contributed by atoms with Crippen LogP contribution >= 0.6 is 0 Å². The summed E-state index contributed by atoms with van der Waals surface area (Å²) < 4.78 is 4.47. The lowest BCUT2D eigenvalue weighted by Gasteiger charge is -2.29. The van der Waals surface area contributed by atoms with Crippen molar-refractivity contribution in [2.45, 2.75) is 51.1 Å². The summed E-state index contributed by atoms with van der Waals surface area (Å²) in [6.45, 7) is 2.94. The Hall–Kier alpha value is -1.84. The number of ether oxygens (including phenoxy) is 1. The van der Waals surface area contributed by atoms with Crippen LogP contribution in [-0.4, -0.2) is 67.8 Å². The number of aliphatic hydroxyl groups excluding tert-OH is 3. The first kappa shape index (κ1) is 19.2. The molecule has 120 valence electrons. The quantitative estimate of drug-likeness (QED) is 0.294. The Morgan fingerprint density at radius 2 is 1.43 bits per heavy atom. The number of aliphatic hydroxyl groups is 3. The molecule has 0 aliphatic heterocycles. The predicted molar refractivity (Wildman–Crippen MR) is 66.1 cm³/mol. The van der Waals surface area contributed by atoms with Crippen molar-refractivity contribution in [3.8, 4) is 0 Å². The topological polar surface area (TPSA) is 158 Å². The molecule has 0 aromatic heterocycles. The van der Waals surface area contributed by atoms with E-state index in [2.05, 4.69) is 4.74 Å². The molecule has 0 saturated heterocycles. The van der Waals surface area contributed by atoms with Crippen molar-refractivity contribution in [1.82, 2.24) is 0 Å². The van der Waals surface area contributed by atoms with Gasteiger partial charge >= 0.3 is 11.9 Å². The second kappa shape index (κ2) is 7.25. The second-order valence-corrected chi connectivity index (χ2v) is 4.59. The van der Waals surface area contributed by atoms with Gasteiger partial charge in [0, 0.05) is 0 Å². The number of rotatable bonds is 8. The largest absolute Gasteiger partial charge is 0.478 e. The lowest BCUT2D eigenvalue weighted by molar-refractivity contribution is -0.191. The van der Waals surface area contributed by atoms with Gasteiger partial charge in [0.25, 0.3) is 5.60 Å². The van der Waals surface area contributed by atoms with Crippen LogP contribution in [0.4, 0.5) is 0 Å². The van der Waals surface area contributed by atoms with E-state index in [1.165, 1.54) is 0 Å². The van der Waals surface area contributed by atoms with Crippen molar-refractivity contribution >= 4 is 23.5 Å². The van der Waals surface area contributed by atoms with Crippen LogP contribution in [0.3, 0.4) is 0 Å². The van der Waals surface area contributed by atoms with E-state index in [0.717, 1.165) is 20.8 Å². The fraction of sp³-hybridized carbons (Fsp3) is 0.667. The first-order valence-corrected chi connectivity index (χ1v) is 6.03. The fourth-order valence-corrected chi connectivity index (χ4v) is 1.39. The molecule has 0 aromatic carbocycles. The van der Waals surface area contributed by atoms with Gasteiger partial charge < -0.3 is 25.2 Å². The Bertz CT molecular complexity index is 414. The van der Waals surface area contributed by atoms with Gasteiger partial charge in [-0.2, -0.15) is 0 Å². The number of aliphatic carboxylic acids is 1. The summed E-state index contributed by atoms with van der Waals surface area (Å²) >= 11 is 0. The van der Waals surface area contributed by atoms with Crippen molar-refractivity contribution in [2.75, 3.05) is 0 Å². The van der Waals surface area contributed by atoms with Crippen LogP contribution in [0.2, 0.25) is 0 Å². The second-order valence-electron chi connectivity index (χ2n) is 4.59. The summed E-state index contributed by atoms with van der Waals surface area (Å²) in [5.41, 5.74) is -3.00. The Morgan fingerprint density at radius 1 is 0.952 bits per heavy atom. The zero-order chi connectivity index (χ0) is 17.0.